The Kier molecular flexibility index (Phi) is 7.16. The third-order valence-corrected chi connectivity index (χ3v) is 5.62. The zero-order valence-electron chi connectivity index (χ0n) is 16.1. The van der Waals surface area contributed by atoms with Crippen LogP contribution in [-0.4, -0.2) is 35.6 Å². The molecule has 1 aliphatic rings. The Hall–Kier alpha value is -2.09. The molecule has 154 valence electrons. The summed E-state index contributed by atoms with van der Waals surface area (Å²) >= 11 is 3.48. The number of pyridine rings is 1. The molecule has 2 aromatic heterocycles. The Bertz CT molecular complexity index is 1000. The molecule has 3 aromatic rings. The zero-order valence-corrected chi connectivity index (χ0v) is 18.5. The summed E-state index contributed by atoms with van der Waals surface area (Å²) in [6.07, 6.45) is 5.55. The maximum Gasteiger partial charge on any atom is 0.253 e. The van der Waals surface area contributed by atoms with E-state index in [0.29, 0.717) is 23.8 Å². The number of aromatic amines is 1. The molecule has 3 N–H and O–H groups in total. The lowest BCUT2D eigenvalue weighted by Crippen LogP contribution is -2.32. The summed E-state index contributed by atoms with van der Waals surface area (Å²) in [5, 5.41) is 7.31. The predicted octanol–water partition coefficient (Wildman–Crippen LogP) is 4.96. The number of ether oxygens (including phenoxy) is 1. The van der Waals surface area contributed by atoms with Gasteiger partial charge in [-0.3, -0.25) is 4.79 Å². The Morgan fingerprint density at radius 3 is 2.90 bits per heavy atom. The van der Waals surface area contributed by atoms with E-state index in [9.17, 15) is 4.79 Å². The number of carbonyl (C=O) groups excluding carboxylic acids is 1. The van der Waals surface area contributed by atoms with Gasteiger partial charge in [0, 0.05) is 47.7 Å². The molecule has 3 heterocycles. The lowest BCUT2D eigenvalue weighted by atomic mass is 10.00. The number of nitrogens with one attached hydrogen (secondary N) is 3. The highest BCUT2D eigenvalue weighted by atomic mass is 79.9. The first-order chi connectivity index (χ1) is 13.6. The van der Waals surface area contributed by atoms with Gasteiger partial charge in [-0.05, 0) is 49.4 Å². The monoisotopic (exact) mass is 478 g/mol. The maximum absolute atomic E-state index is 12.8. The van der Waals surface area contributed by atoms with Crippen molar-refractivity contribution < 1.29 is 9.53 Å². The molecule has 29 heavy (non-hydrogen) atoms. The molecule has 1 saturated heterocycles. The number of amides is 1. The van der Waals surface area contributed by atoms with E-state index in [1.807, 2.05) is 37.4 Å². The van der Waals surface area contributed by atoms with Gasteiger partial charge in [0.05, 0.1) is 11.1 Å². The van der Waals surface area contributed by atoms with Crippen molar-refractivity contribution in [1.29, 1.82) is 0 Å². The highest BCUT2D eigenvalue weighted by Crippen LogP contribution is 2.29. The average molecular weight is 480 g/mol. The molecule has 1 amide bonds. The second-order valence-electron chi connectivity index (χ2n) is 7.14. The molecule has 0 saturated carbocycles. The van der Waals surface area contributed by atoms with E-state index in [-0.39, 0.29) is 18.3 Å². The number of benzene rings is 1. The van der Waals surface area contributed by atoms with Crippen LogP contribution in [0.2, 0.25) is 0 Å². The van der Waals surface area contributed by atoms with E-state index in [1.54, 1.807) is 6.20 Å². The number of rotatable bonds is 5. The first-order valence-electron chi connectivity index (χ1n) is 9.47. The largest absolute Gasteiger partial charge is 0.381 e. The summed E-state index contributed by atoms with van der Waals surface area (Å²) in [5.74, 6) is 1.09. The van der Waals surface area contributed by atoms with Gasteiger partial charge in [-0.1, -0.05) is 22.0 Å². The van der Waals surface area contributed by atoms with Crippen molar-refractivity contribution in [1.82, 2.24) is 15.3 Å². The molecule has 4 rings (SSSR count). The minimum absolute atomic E-state index is 0. The number of halogens is 2. The van der Waals surface area contributed by atoms with Crippen LogP contribution in [0, 0.1) is 12.8 Å². The lowest BCUT2D eigenvalue weighted by molar-refractivity contribution is 0.0643. The van der Waals surface area contributed by atoms with Gasteiger partial charge in [-0.2, -0.15) is 0 Å². The number of H-pyrrole nitrogens is 1. The van der Waals surface area contributed by atoms with Crippen LogP contribution >= 0.6 is 28.3 Å². The molecule has 1 aromatic carbocycles. The molecule has 0 atom stereocenters. The molecular formula is C21H24BrClN4O2. The van der Waals surface area contributed by atoms with Crippen LogP contribution in [0.5, 0.6) is 0 Å². The van der Waals surface area contributed by atoms with Gasteiger partial charge in [0.2, 0.25) is 0 Å². The van der Waals surface area contributed by atoms with Crippen LogP contribution in [0.1, 0.15) is 28.8 Å². The van der Waals surface area contributed by atoms with Gasteiger partial charge in [0.15, 0.2) is 5.82 Å². The van der Waals surface area contributed by atoms with Crippen LogP contribution < -0.4 is 10.6 Å². The van der Waals surface area contributed by atoms with Crippen LogP contribution in [0.4, 0.5) is 11.5 Å². The van der Waals surface area contributed by atoms with Crippen LogP contribution in [0.3, 0.4) is 0 Å². The molecule has 8 heteroatoms. The van der Waals surface area contributed by atoms with E-state index < -0.39 is 0 Å². The Balaban J connectivity index is 0.00000240. The van der Waals surface area contributed by atoms with Gasteiger partial charge in [0.25, 0.3) is 5.91 Å². The second kappa shape index (κ2) is 9.61. The molecule has 1 aliphatic heterocycles. The van der Waals surface area contributed by atoms with Gasteiger partial charge in [0.1, 0.15) is 0 Å². The molecule has 6 nitrogen and oxygen atoms in total. The van der Waals surface area contributed by atoms with E-state index >= 15 is 0 Å². The first kappa shape index (κ1) is 21.6. The van der Waals surface area contributed by atoms with Gasteiger partial charge in [-0.15, -0.1) is 12.4 Å². The summed E-state index contributed by atoms with van der Waals surface area (Å²) in [5.41, 5.74) is 3.37. The van der Waals surface area contributed by atoms with Gasteiger partial charge in [-0.25, -0.2) is 4.98 Å². The van der Waals surface area contributed by atoms with Crippen molar-refractivity contribution in [2.45, 2.75) is 19.8 Å². The summed E-state index contributed by atoms with van der Waals surface area (Å²) in [4.78, 5) is 20.6. The van der Waals surface area contributed by atoms with Crippen molar-refractivity contribution in [3.05, 3.63) is 52.3 Å². The normalized spacial score (nSPS) is 14.4. The van der Waals surface area contributed by atoms with Crippen molar-refractivity contribution >= 4 is 56.7 Å². The molecule has 0 unspecified atom stereocenters. The van der Waals surface area contributed by atoms with E-state index in [0.717, 1.165) is 52.7 Å². The number of aromatic nitrogens is 2. The number of anilines is 2. The molecule has 0 spiro atoms. The van der Waals surface area contributed by atoms with E-state index in [1.165, 1.54) is 0 Å². The smallest absolute Gasteiger partial charge is 0.253 e. The lowest BCUT2D eigenvalue weighted by Gasteiger charge is -2.22. The Morgan fingerprint density at radius 1 is 1.34 bits per heavy atom. The zero-order chi connectivity index (χ0) is 19.5. The number of fused-ring (bicyclic) bond motifs is 1. The van der Waals surface area contributed by atoms with Crippen LogP contribution in [0.25, 0.3) is 10.9 Å². The van der Waals surface area contributed by atoms with Crippen molar-refractivity contribution in [2.75, 3.05) is 25.1 Å². The highest BCUT2D eigenvalue weighted by molar-refractivity contribution is 9.10. The second-order valence-corrected chi connectivity index (χ2v) is 8.06. The quantitative estimate of drug-likeness (QED) is 0.483. The molecule has 0 bridgehead atoms. The summed E-state index contributed by atoms with van der Waals surface area (Å²) in [6.45, 7) is 4.22. The standard InChI is InChI=1S/C21H23BrN4O2.ClH/c1-13-10-23-19-18(13)17(21(27)25-11-14-5-7-28-8-6-14)12-24-20(19)26-16-4-2-3-15(22)9-16;/h2-4,9-10,12,14,23H,5-8,11H2,1H3,(H,24,26)(H,25,27);1H. The third-order valence-electron chi connectivity index (χ3n) is 5.13. The van der Waals surface area contributed by atoms with E-state index in [2.05, 4.69) is 36.5 Å². The maximum atomic E-state index is 12.8. The van der Waals surface area contributed by atoms with Crippen LogP contribution in [-0.2, 0) is 4.74 Å². The summed E-state index contributed by atoms with van der Waals surface area (Å²) in [7, 11) is 0. The van der Waals surface area contributed by atoms with Gasteiger partial charge >= 0.3 is 0 Å². The van der Waals surface area contributed by atoms with Gasteiger partial charge < -0.3 is 20.4 Å². The molecule has 0 radical (unpaired) electrons. The summed E-state index contributed by atoms with van der Waals surface area (Å²) in [6, 6.07) is 7.89. The fourth-order valence-corrected chi connectivity index (χ4v) is 3.97. The van der Waals surface area contributed by atoms with Crippen molar-refractivity contribution in [3.8, 4) is 0 Å². The Labute approximate surface area is 184 Å². The van der Waals surface area contributed by atoms with Crippen molar-refractivity contribution in [2.24, 2.45) is 5.92 Å². The average Bonchev–Trinajstić information content (AvgIpc) is 3.10. The number of aryl methyl sites for hydroxylation is 1. The number of carbonyl (C=O) groups is 1. The SMILES string of the molecule is Cc1c[nH]c2c(Nc3cccc(Br)c3)ncc(C(=O)NCC3CCOCC3)c12.Cl. The fourth-order valence-electron chi connectivity index (χ4n) is 3.57. The number of nitrogens with zero attached hydrogens (tertiary/aromatic N) is 1. The number of hydrogen-bond acceptors (Lipinski definition) is 4. The highest BCUT2D eigenvalue weighted by Gasteiger charge is 2.19. The third kappa shape index (κ3) is 4.91. The fraction of sp³-hybridized carbons (Fsp3) is 0.333. The van der Waals surface area contributed by atoms with Crippen molar-refractivity contribution in [3.63, 3.8) is 0 Å². The minimum atomic E-state index is -0.0827. The molecule has 0 aliphatic carbocycles. The van der Waals surface area contributed by atoms with E-state index in [4.69, 9.17) is 4.74 Å². The number of hydrogen-bond donors (Lipinski definition) is 3. The summed E-state index contributed by atoms with van der Waals surface area (Å²) < 4.78 is 6.37. The topological polar surface area (TPSA) is 79.0 Å². The van der Waals surface area contributed by atoms with Crippen LogP contribution in [0.15, 0.2) is 41.1 Å². The Morgan fingerprint density at radius 2 is 2.14 bits per heavy atom. The molecule has 1 fully saturated rings. The molecular weight excluding hydrogens is 456 g/mol. The first-order valence-corrected chi connectivity index (χ1v) is 10.3. The predicted molar refractivity (Wildman–Crippen MR) is 121 cm³/mol. The minimum Gasteiger partial charge on any atom is -0.381 e.